The van der Waals surface area contributed by atoms with E-state index in [0.29, 0.717) is 29.4 Å². The lowest BCUT2D eigenvalue weighted by Crippen LogP contribution is -2.33. The van der Waals surface area contributed by atoms with Crippen LogP contribution in [0.25, 0.3) is 0 Å². The van der Waals surface area contributed by atoms with E-state index in [-0.39, 0.29) is 0 Å². The molecule has 0 aromatic heterocycles. The minimum atomic E-state index is -1.11. The number of nitrogens with one attached hydrogen (secondary N) is 1. The van der Waals surface area contributed by atoms with E-state index >= 15 is 0 Å². The molecular formula is C19H21NO4. The van der Waals surface area contributed by atoms with Gasteiger partial charge in [0.15, 0.2) is 6.04 Å². The fraction of sp³-hybridized carbons (Fsp3) is 0.263. The van der Waals surface area contributed by atoms with Gasteiger partial charge in [0.1, 0.15) is 5.75 Å². The summed E-state index contributed by atoms with van der Waals surface area (Å²) < 4.78 is 5.56. The minimum Gasteiger partial charge on any atom is -0.493 e. The first-order valence-electron chi connectivity index (χ1n) is 7.79. The summed E-state index contributed by atoms with van der Waals surface area (Å²) in [5.74, 6) is -0.457. The zero-order chi connectivity index (χ0) is 17.5. The van der Waals surface area contributed by atoms with Gasteiger partial charge >= 0.3 is 5.97 Å². The Kier molecular flexibility index (Phi) is 5.95. The molecule has 2 aromatic carbocycles. The molecular weight excluding hydrogens is 306 g/mol. The van der Waals surface area contributed by atoms with Crippen molar-refractivity contribution >= 4 is 11.9 Å². The molecule has 2 N–H and O–H groups in total. The molecule has 2 aromatic rings. The number of carboxylic acid groups (broad SMARTS) is 1. The molecule has 2 rings (SSSR count). The van der Waals surface area contributed by atoms with Crippen LogP contribution in [0.3, 0.4) is 0 Å². The Hall–Kier alpha value is -2.82. The van der Waals surface area contributed by atoms with Gasteiger partial charge in [0.25, 0.3) is 5.91 Å². The lowest BCUT2D eigenvalue weighted by Gasteiger charge is -2.15. The average Bonchev–Trinajstić information content (AvgIpc) is 2.58. The van der Waals surface area contributed by atoms with Crippen LogP contribution in [0.1, 0.15) is 35.8 Å². The standard InChI is InChI=1S/C19H21NO4/c1-13(2)12-24-16-10-8-15(9-11-16)18(21)20-17(19(22)23)14-6-4-3-5-7-14/h3-11,13,17H,12H2,1-2H3,(H,20,21)(H,22,23). The first kappa shape index (κ1) is 17.5. The van der Waals surface area contributed by atoms with E-state index < -0.39 is 17.9 Å². The maximum absolute atomic E-state index is 12.3. The van der Waals surface area contributed by atoms with Crippen molar-refractivity contribution in [1.82, 2.24) is 5.32 Å². The van der Waals surface area contributed by atoms with E-state index in [1.807, 2.05) is 0 Å². The minimum absolute atomic E-state index is 0.383. The highest BCUT2D eigenvalue weighted by molar-refractivity contribution is 5.96. The molecule has 1 atom stereocenters. The number of benzene rings is 2. The van der Waals surface area contributed by atoms with Gasteiger partial charge in [-0.25, -0.2) is 4.79 Å². The van der Waals surface area contributed by atoms with Crippen LogP contribution in [0.5, 0.6) is 5.75 Å². The Bertz CT molecular complexity index is 680. The van der Waals surface area contributed by atoms with Crippen molar-refractivity contribution in [1.29, 1.82) is 0 Å². The molecule has 5 nitrogen and oxygen atoms in total. The Morgan fingerprint density at radius 1 is 1.04 bits per heavy atom. The second kappa shape index (κ2) is 8.15. The van der Waals surface area contributed by atoms with Gasteiger partial charge in [0, 0.05) is 5.56 Å². The third-order valence-electron chi connectivity index (χ3n) is 3.36. The van der Waals surface area contributed by atoms with Crippen LogP contribution in [0.2, 0.25) is 0 Å². The van der Waals surface area contributed by atoms with Gasteiger partial charge in [-0.2, -0.15) is 0 Å². The van der Waals surface area contributed by atoms with Crippen LogP contribution in [-0.4, -0.2) is 23.6 Å². The van der Waals surface area contributed by atoms with Crippen LogP contribution in [-0.2, 0) is 4.79 Å². The van der Waals surface area contributed by atoms with Gasteiger partial charge in [0.2, 0.25) is 0 Å². The number of hydrogen-bond acceptors (Lipinski definition) is 3. The molecule has 0 fully saturated rings. The van der Waals surface area contributed by atoms with Crippen molar-refractivity contribution in [3.63, 3.8) is 0 Å². The summed E-state index contributed by atoms with van der Waals surface area (Å²) in [6, 6.07) is 14.2. The average molecular weight is 327 g/mol. The van der Waals surface area contributed by atoms with Crippen molar-refractivity contribution < 1.29 is 19.4 Å². The number of carboxylic acids is 1. The van der Waals surface area contributed by atoms with Crippen molar-refractivity contribution in [2.24, 2.45) is 5.92 Å². The van der Waals surface area contributed by atoms with Crippen molar-refractivity contribution in [3.05, 3.63) is 65.7 Å². The Morgan fingerprint density at radius 3 is 2.21 bits per heavy atom. The fourth-order valence-corrected chi connectivity index (χ4v) is 2.11. The Labute approximate surface area is 141 Å². The number of ether oxygens (including phenoxy) is 1. The van der Waals surface area contributed by atoms with Gasteiger partial charge in [-0.1, -0.05) is 44.2 Å². The lowest BCUT2D eigenvalue weighted by molar-refractivity contribution is -0.139. The SMILES string of the molecule is CC(C)COc1ccc(C(=O)NC(C(=O)O)c2ccccc2)cc1. The van der Waals surface area contributed by atoms with E-state index in [2.05, 4.69) is 19.2 Å². The Balaban J connectivity index is 2.06. The van der Waals surface area contributed by atoms with Gasteiger partial charge in [-0.3, -0.25) is 4.79 Å². The van der Waals surface area contributed by atoms with E-state index in [1.54, 1.807) is 54.6 Å². The molecule has 1 unspecified atom stereocenters. The third kappa shape index (κ3) is 4.84. The first-order valence-corrected chi connectivity index (χ1v) is 7.79. The molecule has 5 heteroatoms. The van der Waals surface area contributed by atoms with Crippen LogP contribution < -0.4 is 10.1 Å². The second-order valence-electron chi connectivity index (χ2n) is 5.88. The lowest BCUT2D eigenvalue weighted by atomic mass is 10.1. The molecule has 24 heavy (non-hydrogen) atoms. The molecule has 0 heterocycles. The molecule has 0 saturated carbocycles. The van der Waals surface area contributed by atoms with Crippen LogP contribution in [0, 0.1) is 5.92 Å². The third-order valence-corrected chi connectivity index (χ3v) is 3.36. The summed E-state index contributed by atoms with van der Waals surface area (Å²) >= 11 is 0. The van der Waals surface area contributed by atoms with Gasteiger partial charge in [0.05, 0.1) is 6.61 Å². The molecule has 0 aliphatic carbocycles. The van der Waals surface area contributed by atoms with Crippen LogP contribution in [0.15, 0.2) is 54.6 Å². The number of hydrogen-bond donors (Lipinski definition) is 2. The monoisotopic (exact) mass is 327 g/mol. The molecule has 0 saturated heterocycles. The molecule has 0 radical (unpaired) electrons. The largest absolute Gasteiger partial charge is 0.493 e. The van der Waals surface area contributed by atoms with Crippen molar-refractivity contribution in [2.45, 2.75) is 19.9 Å². The quantitative estimate of drug-likeness (QED) is 0.818. The van der Waals surface area contributed by atoms with E-state index in [4.69, 9.17) is 4.74 Å². The molecule has 1 amide bonds. The highest BCUT2D eigenvalue weighted by Gasteiger charge is 2.22. The number of aliphatic carboxylic acids is 1. The fourth-order valence-electron chi connectivity index (χ4n) is 2.11. The highest BCUT2D eigenvalue weighted by Crippen LogP contribution is 2.16. The van der Waals surface area contributed by atoms with Crippen molar-refractivity contribution in [2.75, 3.05) is 6.61 Å². The molecule has 0 aliphatic heterocycles. The smallest absolute Gasteiger partial charge is 0.330 e. The van der Waals surface area contributed by atoms with Crippen LogP contribution >= 0.6 is 0 Å². The van der Waals surface area contributed by atoms with Gasteiger partial charge in [-0.05, 0) is 35.7 Å². The maximum atomic E-state index is 12.3. The first-order chi connectivity index (χ1) is 11.5. The number of amides is 1. The number of rotatable bonds is 7. The zero-order valence-corrected chi connectivity index (χ0v) is 13.7. The summed E-state index contributed by atoms with van der Waals surface area (Å²) in [7, 11) is 0. The topological polar surface area (TPSA) is 75.6 Å². The summed E-state index contributed by atoms with van der Waals surface area (Å²) in [6.45, 7) is 4.70. The van der Waals surface area contributed by atoms with E-state index in [1.165, 1.54) is 0 Å². The van der Waals surface area contributed by atoms with Crippen molar-refractivity contribution in [3.8, 4) is 5.75 Å². The number of carbonyl (C=O) groups excluding carboxylic acids is 1. The van der Waals surface area contributed by atoms with E-state index in [9.17, 15) is 14.7 Å². The molecule has 0 aliphatic rings. The van der Waals surface area contributed by atoms with Crippen LogP contribution in [0.4, 0.5) is 0 Å². The predicted molar refractivity (Wildman–Crippen MR) is 91.1 cm³/mol. The molecule has 126 valence electrons. The number of carbonyl (C=O) groups is 2. The maximum Gasteiger partial charge on any atom is 0.330 e. The van der Waals surface area contributed by atoms with Gasteiger partial charge < -0.3 is 15.2 Å². The van der Waals surface area contributed by atoms with Gasteiger partial charge in [-0.15, -0.1) is 0 Å². The zero-order valence-electron chi connectivity index (χ0n) is 13.7. The summed E-state index contributed by atoms with van der Waals surface area (Å²) in [5.41, 5.74) is 0.907. The summed E-state index contributed by atoms with van der Waals surface area (Å²) in [5, 5.41) is 11.9. The second-order valence-corrected chi connectivity index (χ2v) is 5.88. The Morgan fingerprint density at radius 2 is 1.67 bits per heavy atom. The van der Waals surface area contributed by atoms with E-state index in [0.717, 1.165) is 0 Å². The molecule has 0 spiro atoms. The molecule has 0 bridgehead atoms. The highest BCUT2D eigenvalue weighted by atomic mass is 16.5. The predicted octanol–water partition coefficient (Wildman–Crippen LogP) is 3.28. The summed E-state index contributed by atoms with van der Waals surface area (Å²) in [6.07, 6.45) is 0. The summed E-state index contributed by atoms with van der Waals surface area (Å²) in [4.78, 5) is 23.7. The normalized spacial score (nSPS) is 11.8.